The van der Waals surface area contributed by atoms with E-state index in [9.17, 15) is 4.39 Å². The van der Waals surface area contributed by atoms with Gasteiger partial charge in [-0.25, -0.2) is 14.4 Å². The molecule has 0 atom stereocenters. The number of nitrogens with zero attached hydrogens (tertiary/aromatic N) is 2. The van der Waals surface area contributed by atoms with Gasteiger partial charge < -0.3 is 5.73 Å². The van der Waals surface area contributed by atoms with Gasteiger partial charge in [0.1, 0.15) is 18.0 Å². The standard InChI is InChI=1S/C12H11BrFN3/c1-2-8-11(16-6-17-12(8)15)9-5-7(13)3-4-10(9)14/h3-6H,2H2,1H3,(H2,15,16,17). The summed E-state index contributed by atoms with van der Waals surface area (Å²) in [6.07, 6.45) is 2.01. The van der Waals surface area contributed by atoms with Crippen molar-refractivity contribution in [2.75, 3.05) is 5.73 Å². The smallest absolute Gasteiger partial charge is 0.132 e. The van der Waals surface area contributed by atoms with Crippen molar-refractivity contribution < 1.29 is 4.39 Å². The van der Waals surface area contributed by atoms with Crippen LogP contribution in [-0.4, -0.2) is 9.97 Å². The van der Waals surface area contributed by atoms with Crippen molar-refractivity contribution >= 4 is 21.7 Å². The number of anilines is 1. The number of nitrogen functional groups attached to an aromatic ring is 1. The number of halogens is 2. The molecular weight excluding hydrogens is 285 g/mol. The molecule has 0 aliphatic heterocycles. The Morgan fingerprint density at radius 1 is 1.35 bits per heavy atom. The maximum atomic E-state index is 13.8. The van der Waals surface area contributed by atoms with Gasteiger partial charge in [0.05, 0.1) is 5.69 Å². The normalized spacial score (nSPS) is 10.5. The van der Waals surface area contributed by atoms with Crippen LogP contribution in [0.1, 0.15) is 12.5 Å². The minimum atomic E-state index is -0.319. The zero-order chi connectivity index (χ0) is 12.4. The lowest BCUT2D eigenvalue weighted by Gasteiger charge is -2.09. The molecule has 2 aromatic rings. The van der Waals surface area contributed by atoms with Crippen molar-refractivity contribution in [1.82, 2.24) is 9.97 Å². The van der Waals surface area contributed by atoms with Crippen LogP contribution in [0.3, 0.4) is 0 Å². The number of nitrogens with two attached hydrogens (primary N) is 1. The maximum absolute atomic E-state index is 13.8. The Morgan fingerprint density at radius 2 is 2.12 bits per heavy atom. The number of rotatable bonds is 2. The van der Waals surface area contributed by atoms with E-state index in [1.165, 1.54) is 12.4 Å². The molecule has 17 heavy (non-hydrogen) atoms. The number of benzene rings is 1. The summed E-state index contributed by atoms with van der Waals surface area (Å²) < 4.78 is 14.6. The third kappa shape index (κ3) is 2.29. The second-order valence-electron chi connectivity index (χ2n) is 3.56. The Hall–Kier alpha value is -1.49. The van der Waals surface area contributed by atoms with Crippen LogP contribution in [0.2, 0.25) is 0 Å². The van der Waals surface area contributed by atoms with Crippen LogP contribution in [0.4, 0.5) is 10.2 Å². The van der Waals surface area contributed by atoms with E-state index in [0.717, 1.165) is 10.0 Å². The topological polar surface area (TPSA) is 51.8 Å². The SMILES string of the molecule is CCc1c(N)ncnc1-c1cc(Br)ccc1F. The maximum Gasteiger partial charge on any atom is 0.132 e. The Labute approximate surface area is 107 Å². The predicted octanol–water partition coefficient (Wildman–Crippen LogP) is 3.19. The van der Waals surface area contributed by atoms with E-state index in [2.05, 4.69) is 25.9 Å². The molecule has 0 saturated carbocycles. The van der Waals surface area contributed by atoms with Gasteiger partial charge in [0.25, 0.3) is 0 Å². The molecule has 88 valence electrons. The molecular formula is C12H11BrFN3. The van der Waals surface area contributed by atoms with Crippen LogP contribution in [-0.2, 0) is 6.42 Å². The Balaban J connectivity index is 2.68. The minimum absolute atomic E-state index is 0.319. The van der Waals surface area contributed by atoms with Crippen LogP contribution in [0.5, 0.6) is 0 Å². The molecule has 3 nitrogen and oxygen atoms in total. The van der Waals surface area contributed by atoms with Crippen LogP contribution in [0.25, 0.3) is 11.3 Å². The highest BCUT2D eigenvalue weighted by Crippen LogP contribution is 2.29. The van der Waals surface area contributed by atoms with Crippen molar-refractivity contribution in [3.63, 3.8) is 0 Å². The second kappa shape index (κ2) is 4.79. The first-order valence-corrected chi connectivity index (χ1v) is 5.97. The predicted molar refractivity (Wildman–Crippen MR) is 68.9 cm³/mol. The third-order valence-electron chi connectivity index (χ3n) is 2.52. The Kier molecular flexibility index (Phi) is 3.38. The first-order chi connectivity index (χ1) is 8.13. The first kappa shape index (κ1) is 12.0. The average molecular weight is 296 g/mol. The third-order valence-corrected chi connectivity index (χ3v) is 3.01. The monoisotopic (exact) mass is 295 g/mol. The molecule has 1 aromatic carbocycles. The highest BCUT2D eigenvalue weighted by molar-refractivity contribution is 9.10. The second-order valence-corrected chi connectivity index (χ2v) is 4.48. The largest absolute Gasteiger partial charge is 0.383 e. The fourth-order valence-electron chi connectivity index (χ4n) is 1.69. The minimum Gasteiger partial charge on any atom is -0.383 e. The summed E-state index contributed by atoms with van der Waals surface area (Å²) in [5.74, 6) is 0.0814. The van der Waals surface area contributed by atoms with Crippen molar-refractivity contribution in [1.29, 1.82) is 0 Å². The lowest BCUT2D eigenvalue weighted by Crippen LogP contribution is -2.02. The van der Waals surface area contributed by atoms with E-state index in [-0.39, 0.29) is 5.82 Å². The van der Waals surface area contributed by atoms with Crippen LogP contribution in [0.15, 0.2) is 29.0 Å². The van der Waals surface area contributed by atoms with Crippen molar-refractivity contribution in [2.45, 2.75) is 13.3 Å². The Bertz CT molecular complexity index is 557. The molecule has 1 heterocycles. The van der Waals surface area contributed by atoms with E-state index in [1.54, 1.807) is 12.1 Å². The van der Waals surface area contributed by atoms with E-state index in [4.69, 9.17) is 5.73 Å². The average Bonchev–Trinajstić information content (AvgIpc) is 2.32. The molecule has 2 N–H and O–H groups in total. The molecule has 0 aliphatic carbocycles. The molecule has 0 unspecified atom stereocenters. The van der Waals surface area contributed by atoms with Gasteiger partial charge in [0.15, 0.2) is 0 Å². The summed E-state index contributed by atoms with van der Waals surface area (Å²) >= 11 is 3.32. The zero-order valence-corrected chi connectivity index (χ0v) is 10.8. The van der Waals surface area contributed by atoms with E-state index in [0.29, 0.717) is 23.5 Å². The van der Waals surface area contributed by atoms with Gasteiger partial charge in [0.2, 0.25) is 0 Å². The zero-order valence-electron chi connectivity index (χ0n) is 9.24. The molecule has 0 aliphatic rings. The van der Waals surface area contributed by atoms with Crippen LogP contribution >= 0.6 is 15.9 Å². The summed E-state index contributed by atoms with van der Waals surface area (Å²) in [6.45, 7) is 1.94. The molecule has 2 rings (SSSR count). The lowest BCUT2D eigenvalue weighted by atomic mass is 10.0. The van der Waals surface area contributed by atoms with Crippen LogP contribution < -0.4 is 5.73 Å². The van der Waals surface area contributed by atoms with Gasteiger partial charge in [-0.15, -0.1) is 0 Å². The molecule has 0 saturated heterocycles. The molecule has 0 fully saturated rings. The number of hydrogen-bond donors (Lipinski definition) is 1. The quantitative estimate of drug-likeness (QED) is 0.926. The molecule has 0 spiro atoms. The van der Waals surface area contributed by atoms with E-state index in [1.807, 2.05) is 6.92 Å². The summed E-state index contributed by atoms with van der Waals surface area (Å²) in [5, 5.41) is 0. The van der Waals surface area contributed by atoms with Crippen molar-refractivity contribution in [3.05, 3.63) is 40.4 Å². The van der Waals surface area contributed by atoms with Gasteiger partial charge in [0, 0.05) is 15.6 Å². The molecule has 1 aromatic heterocycles. The lowest BCUT2D eigenvalue weighted by molar-refractivity contribution is 0.630. The Morgan fingerprint density at radius 3 is 2.82 bits per heavy atom. The summed E-state index contributed by atoms with van der Waals surface area (Å²) in [7, 11) is 0. The highest BCUT2D eigenvalue weighted by Gasteiger charge is 2.13. The fraction of sp³-hybridized carbons (Fsp3) is 0.167. The summed E-state index contributed by atoms with van der Waals surface area (Å²) in [5.41, 5.74) is 7.53. The molecule has 0 bridgehead atoms. The summed E-state index contributed by atoms with van der Waals surface area (Å²) in [4.78, 5) is 8.05. The number of aromatic nitrogens is 2. The number of hydrogen-bond acceptors (Lipinski definition) is 3. The van der Waals surface area contributed by atoms with Gasteiger partial charge in [-0.2, -0.15) is 0 Å². The van der Waals surface area contributed by atoms with Crippen molar-refractivity contribution in [2.24, 2.45) is 0 Å². The first-order valence-electron chi connectivity index (χ1n) is 5.18. The van der Waals surface area contributed by atoms with Gasteiger partial charge in [-0.3, -0.25) is 0 Å². The van der Waals surface area contributed by atoms with E-state index >= 15 is 0 Å². The molecule has 5 heteroatoms. The van der Waals surface area contributed by atoms with E-state index < -0.39 is 0 Å². The van der Waals surface area contributed by atoms with Crippen molar-refractivity contribution in [3.8, 4) is 11.3 Å². The summed E-state index contributed by atoms with van der Waals surface area (Å²) in [6, 6.07) is 4.74. The van der Waals surface area contributed by atoms with Gasteiger partial charge in [-0.1, -0.05) is 22.9 Å². The highest BCUT2D eigenvalue weighted by atomic mass is 79.9. The molecule has 0 radical (unpaired) electrons. The van der Waals surface area contributed by atoms with Gasteiger partial charge >= 0.3 is 0 Å². The molecule has 0 amide bonds. The van der Waals surface area contributed by atoms with Gasteiger partial charge in [-0.05, 0) is 24.6 Å². The van der Waals surface area contributed by atoms with Crippen LogP contribution in [0, 0.1) is 5.82 Å². The fourth-order valence-corrected chi connectivity index (χ4v) is 2.05.